The number of anilines is 1. The van der Waals surface area contributed by atoms with Crippen LogP contribution in [0, 0.1) is 5.92 Å². The van der Waals surface area contributed by atoms with E-state index in [1.54, 1.807) is 30.3 Å². The molecule has 1 aromatic heterocycles. The van der Waals surface area contributed by atoms with Gasteiger partial charge in [-0.25, -0.2) is 13.4 Å². The molecule has 1 aliphatic rings. The summed E-state index contributed by atoms with van der Waals surface area (Å²) in [6, 6.07) is 11.3. The molecule has 3 aromatic rings. The lowest BCUT2D eigenvalue weighted by Gasteiger charge is -2.13. The van der Waals surface area contributed by atoms with Crippen LogP contribution in [-0.2, 0) is 14.6 Å². The maximum atomic E-state index is 13.3. The molecular formula is C25H24ClN3O4S. The summed E-state index contributed by atoms with van der Waals surface area (Å²) in [5.41, 5.74) is 1.94. The zero-order valence-electron chi connectivity index (χ0n) is 18.5. The molecule has 0 saturated heterocycles. The first-order valence-electron chi connectivity index (χ1n) is 10.9. The van der Waals surface area contributed by atoms with Gasteiger partial charge < -0.3 is 10.4 Å². The highest BCUT2D eigenvalue weighted by Gasteiger charge is 2.21. The number of nitrogens with zero attached hydrogens (tertiary/aromatic N) is 2. The summed E-state index contributed by atoms with van der Waals surface area (Å²) in [5, 5.41) is 12.8. The Balaban J connectivity index is 1.62. The lowest BCUT2D eigenvalue weighted by atomic mass is 9.98. The monoisotopic (exact) mass is 497 g/mol. The number of benzene rings is 2. The standard InChI is InChI=1S/C25H24ClN3O4S/c1-34(32,33)23-11-10-17(13-20(23)26)19(12-16-6-2-3-7-16)25(31)29-24-15-27-21(14-28-24)18-8-4-5-9-22(18)30/h4-5,8-16,30H,2-3,6-7H2,1H3,(H,28,29,31)/b19-12+. The van der Waals surface area contributed by atoms with Crippen molar-refractivity contribution in [3.05, 3.63) is 71.5 Å². The number of para-hydroxylation sites is 1. The number of carbonyl (C=O) groups excluding carboxylic acids is 1. The Morgan fingerprint density at radius 1 is 1.12 bits per heavy atom. The fraction of sp³-hybridized carbons (Fsp3) is 0.240. The minimum absolute atomic E-state index is 0.0177. The number of nitrogens with one attached hydrogen (secondary N) is 1. The Hall–Kier alpha value is -3.23. The molecule has 34 heavy (non-hydrogen) atoms. The first-order valence-corrected chi connectivity index (χ1v) is 13.1. The van der Waals surface area contributed by atoms with Crippen molar-refractivity contribution >= 4 is 38.7 Å². The second-order valence-corrected chi connectivity index (χ2v) is 10.7. The van der Waals surface area contributed by atoms with Gasteiger partial charge in [-0.2, -0.15) is 0 Å². The zero-order chi connectivity index (χ0) is 24.3. The number of halogens is 1. The molecule has 2 N–H and O–H groups in total. The lowest BCUT2D eigenvalue weighted by Crippen LogP contribution is -2.16. The molecule has 0 radical (unpaired) electrons. The van der Waals surface area contributed by atoms with Gasteiger partial charge in [0.1, 0.15) is 5.75 Å². The molecule has 2 aromatic carbocycles. The van der Waals surface area contributed by atoms with Gasteiger partial charge in [0.25, 0.3) is 5.91 Å². The van der Waals surface area contributed by atoms with Crippen molar-refractivity contribution in [1.82, 2.24) is 9.97 Å². The molecule has 0 aliphatic heterocycles. The second kappa shape index (κ2) is 9.95. The summed E-state index contributed by atoms with van der Waals surface area (Å²) in [7, 11) is -3.49. The fourth-order valence-corrected chi connectivity index (χ4v) is 5.37. The molecule has 1 amide bonds. The predicted molar refractivity (Wildman–Crippen MR) is 132 cm³/mol. The molecule has 0 unspecified atom stereocenters. The molecule has 0 bridgehead atoms. The van der Waals surface area contributed by atoms with Crippen LogP contribution in [0.15, 0.2) is 65.8 Å². The average molecular weight is 498 g/mol. The number of phenolic OH excluding ortho intramolecular Hbond substituents is 1. The lowest BCUT2D eigenvalue weighted by molar-refractivity contribution is -0.111. The van der Waals surface area contributed by atoms with Crippen LogP contribution >= 0.6 is 11.6 Å². The molecule has 1 fully saturated rings. The summed E-state index contributed by atoms with van der Waals surface area (Å²) >= 11 is 6.25. The zero-order valence-corrected chi connectivity index (χ0v) is 20.1. The van der Waals surface area contributed by atoms with E-state index in [-0.39, 0.29) is 33.3 Å². The number of amides is 1. The van der Waals surface area contributed by atoms with Gasteiger partial charge >= 0.3 is 0 Å². The Morgan fingerprint density at radius 2 is 1.85 bits per heavy atom. The molecule has 1 aliphatic carbocycles. The largest absolute Gasteiger partial charge is 0.507 e. The molecule has 176 valence electrons. The van der Waals surface area contributed by atoms with E-state index in [0.717, 1.165) is 31.9 Å². The molecule has 9 heteroatoms. The molecule has 0 spiro atoms. The normalized spacial score (nSPS) is 14.8. The minimum atomic E-state index is -3.49. The van der Waals surface area contributed by atoms with Crippen LogP contribution in [0.5, 0.6) is 5.75 Å². The first kappa shape index (κ1) is 23.9. The topological polar surface area (TPSA) is 109 Å². The Labute approximate surface area is 203 Å². The van der Waals surface area contributed by atoms with Gasteiger partial charge in [-0.3, -0.25) is 9.78 Å². The molecule has 1 saturated carbocycles. The summed E-state index contributed by atoms with van der Waals surface area (Å²) < 4.78 is 23.9. The molecule has 1 heterocycles. The van der Waals surface area contributed by atoms with Gasteiger partial charge in [0.05, 0.1) is 28.0 Å². The highest BCUT2D eigenvalue weighted by atomic mass is 35.5. The quantitative estimate of drug-likeness (QED) is 0.457. The number of allylic oxidation sites excluding steroid dienone is 1. The van der Waals surface area contributed by atoms with E-state index < -0.39 is 9.84 Å². The fourth-order valence-electron chi connectivity index (χ4n) is 4.04. The Bertz CT molecular complexity index is 1350. The van der Waals surface area contributed by atoms with Crippen molar-refractivity contribution in [3.8, 4) is 17.0 Å². The number of sulfone groups is 1. The maximum Gasteiger partial charge on any atom is 0.257 e. The third kappa shape index (κ3) is 5.46. The van der Waals surface area contributed by atoms with Crippen molar-refractivity contribution in [2.75, 3.05) is 11.6 Å². The van der Waals surface area contributed by atoms with Crippen LogP contribution in [0.1, 0.15) is 31.2 Å². The van der Waals surface area contributed by atoms with Gasteiger partial charge in [0.2, 0.25) is 0 Å². The number of rotatable bonds is 6. The summed E-state index contributed by atoms with van der Waals surface area (Å²) in [6.45, 7) is 0. The molecule has 7 nitrogen and oxygen atoms in total. The van der Waals surface area contributed by atoms with Crippen LogP contribution < -0.4 is 5.32 Å². The first-order chi connectivity index (χ1) is 16.2. The number of aromatic nitrogens is 2. The van der Waals surface area contributed by atoms with Gasteiger partial charge in [-0.15, -0.1) is 0 Å². The number of carbonyl (C=O) groups is 1. The van der Waals surface area contributed by atoms with E-state index in [0.29, 0.717) is 22.4 Å². The van der Waals surface area contributed by atoms with Crippen molar-refractivity contribution in [3.63, 3.8) is 0 Å². The number of phenols is 1. The average Bonchev–Trinajstić information content (AvgIpc) is 3.31. The van der Waals surface area contributed by atoms with Gasteiger partial charge in [-0.05, 0) is 48.6 Å². The third-order valence-corrected chi connectivity index (χ3v) is 7.34. The van der Waals surface area contributed by atoms with Gasteiger partial charge in [0.15, 0.2) is 15.7 Å². The van der Waals surface area contributed by atoms with E-state index in [9.17, 15) is 18.3 Å². The molecule has 0 atom stereocenters. The highest BCUT2D eigenvalue weighted by Crippen LogP contribution is 2.32. The van der Waals surface area contributed by atoms with E-state index >= 15 is 0 Å². The summed E-state index contributed by atoms with van der Waals surface area (Å²) in [5.74, 6) is 0.202. The number of hydrogen-bond donors (Lipinski definition) is 2. The van der Waals surface area contributed by atoms with Crippen LogP contribution in [0.4, 0.5) is 5.82 Å². The number of hydrogen-bond acceptors (Lipinski definition) is 6. The minimum Gasteiger partial charge on any atom is -0.507 e. The Morgan fingerprint density at radius 3 is 2.47 bits per heavy atom. The Kier molecular flexibility index (Phi) is 7.00. The van der Waals surface area contributed by atoms with Crippen LogP contribution in [0.2, 0.25) is 5.02 Å². The molecule has 4 rings (SSSR count). The van der Waals surface area contributed by atoms with Crippen molar-refractivity contribution in [2.45, 2.75) is 30.6 Å². The SMILES string of the molecule is CS(=O)(=O)c1ccc(/C(=C\C2CCCC2)C(=O)Nc2cnc(-c3ccccc3O)cn2)cc1Cl. The summed E-state index contributed by atoms with van der Waals surface area (Å²) in [6.07, 6.45) is 10.1. The van der Waals surface area contributed by atoms with Crippen molar-refractivity contribution in [2.24, 2.45) is 5.92 Å². The summed E-state index contributed by atoms with van der Waals surface area (Å²) in [4.78, 5) is 21.8. The van der Waals surface area contributed by atoms with Gasteiger partial charge in [0, 0.05) is 17.4 Å². The van der Waals surface area contributed by atoms with E-state index in [2.05, 4.69) is 15.3 Å². The highest BCUT2D eigenvalue weighted by molar-refractivity contribution is 7.90. The van der Waals surface area contributed by atoms with Crippen LogP contribution in [0.3, 0.4) is 0 Å². The van der Waals surface area contributed by atoms with Gasteiger partial charge in [-0.1, -0.05) is 48.7 Å². The van der Waals surface area contributed by atoms with Crippen molar-refractivity contribution in [1.29, 1.82) is 0 Å². The second-order valence-electron chi connectivity index (χ2n) is 8.30. The smallest absolute Gasteiger partial charge is 0.257 e. The maximum absolute atomic E-state index is 13.3. The van der Waals surface area contributed by atoms with E-state index in [1.807, 2.05) is 6.08 Å². The third-order valence-electron chi connectivity index (χ3n) is 5.76. The predicted octanol–water partition coefficient (Wildman–Crippen LogP) is 5.12. The van der Waals surface area contributed by atoms with Crippen LogP contribution in [0.25, 0.3) is 16.8 Å². The van der Waals surface area contributed by atoms with E-state index in [4.69, 9.17) is 11.6 Å². The van der Waals surface area contributed by atoms with E-state index in [1.165, 1.54) is 24.5 Å². The van der Waals surface area contributed by atoms with Crippen LogP contribution in [-0.4, -0.2) is 35.7 Å². The number of aromatic hydroxyl groups is 1. The molecular weight excluding hydrogens is 474 g/mol. The van der Waals surface area contributed by atoms with Crippen molar-refractivity contribution < 1.29 is 18.3 Å².